The van der Waals surface area contributed by atoms with Gasteiger partial charge in [-0.25, -0.2) is 4.18 Å². The highest BCUT2D eigenvalue weighted by atomic mass is 32.3. The van der Waals surface area contributed by atoms with Crippen LogP contribution in [0.15, 0.2) is 48.6 Å². The van der Waals surface area contributed by atoms with Crippen LogP contribution in [0, 0.1) is 0 Å². The van der Waals surface area contributed by atoms with Gasteiger partial charge in [-0.05, 0) is 64.2 Å². The number of ether oxygens (including phenoxy) is 2. The predicted octanol–water partition coefficient (Wildman–Crippen LogP) is 4.73. The SMILES string of the molecule is CCCC/C=C/CC/C=C/CC/C=C/C(O)C(COC1OC(CO)C(O)C(OS(=O)(=O)O)C1O)NC(=O)C(O)CCCCCC/C=C\CCCCC. The third-order valence-electron chi connectivity index (χ3n) is 8.67. The highest BCUT2D eigenvalue weighted by Gasteiger charge is 2.48. The number of carbonyl (C=O) groups is 1. The van der Waals surface area contributed by atoms with E-state index in [0.717, 1.165) is 57.8 Å². The molecule has 302 valence electrons. The Hall–Kier alpha value is -1.98. The van der Waals surface area contributed by atoms with E-state index >= 15 is 0 Å². The van der Waals surface area contributed by atoms with Crippen molar-refractivity contribution in [2.45, 2.75) is 172 Å². The smallest absolute Gasteiger partial charge is 0.394 e. The van der Waals surface area contributed by atoms with Crippen LogP contribution < -0.4 is 5.32 Å². The molecular formula is C38H67NO12S. The standard InChI is InChI=1S/C38H67NO12S/c1-3-5-7-9-11-13-15-17-18-20-22-24-26-31(41)30(29-49-38-35(44)36(51-52(46,47)48)34(43)33(28-40)50-38)39-37(45)32(42)27-25-23-21-19-16-14-12-10-8-6-4-2/h9,11-12,14,17-18,24,26,30-36,38,40-44H,3-8,10,13,15-16,19-23,25,27-29H2,1-2H3,(H,39,45)(H,46,47,48)/b11-9+,14-12-,18-17+,26-24+. The Labute approximate surface area is 311 Å². The fraction of sp³-hybridized carbons (Fsp3) is 0.763. The fourth-order valence-electron chi connectivity index (χ4n) is 5.53. The lowest BCUT2D eigenvalue weighted by molar-refractivity contribution is -0.298. The molecule has 0 aliphatic carbocycles. The maximum atomic E-state index is 13.0. The van der Waals surface area contributed by atoms with Gasteiger partial charge < -0.3 is 40.3 Å². The van der Waals surface area contributed by atoms with E-state index < -0.39 is 78.5 Å². The van der Waals surface area contributed by atoms with E-state index in [4.69, 9.17) is 14.0 Å². The maximum Gasteiger partial charge on any atom is 0.397 e. The quantitative estimate of drug-likeness (QED) is 0.0301. The number of unbranched alkanes of at least 4 members (excludes halogenated alkanes) is 11. The number of allylic oxidation sites excluding steroid dienone is 7. The van der Waals surface area contributed by atoms with Gasteiger partial charge in [0.2, 0.25) is 5.91 Å². The average Bonchev–Trinajstić information content (AvgIpc) is 3.11. The van der Waals surface area contributed by atoms with Crippen molar-refractivity contribution in [2.24, 2.45) is 0 Å². The average molecular weight is 762 g/mol. The number of aliphatic hydroxyl groups excluding tert-OH is 5. The number of hydrogen-bond acceptors (Lipinski definition) is 11. The van der Waals surface area contributed by atoms with Gasteiger partial charge in [-0.15, -0.1) is 0 Å². The van der Waals surface area contributed by atoms with Crippen molar-refractivity contribution in [2.75, 3.05) is 13.2 Å². The molecule has 0 saturated carbocycles. The second-order valence-electron chi connectivity index (χ2n) is 13.3. The van der Waals surface area contributed by atoms with Crippen LogP contribution in [0.4, 0.5) is 0 Å². The van der Waals surface area contributed by atoms with Gasteiger partial charge in [0.25, 0.3) is 0 Å². The van der Waals surface area contributed by atoms with E-state index in [2.05, 4.69) is 59.8 Å². The molecule has 1 saturated heterocycles. The zero-order valence-electron chi connectivity index (χ0n) is 31.2. The molecule has 1 aliphatic heterocycles. The Bertz CT molecular complexity index is 1140. The lowest BCUT2D eigenvalue weighted by Crippen LogP contribution is -2.61. The molecule has 8 atom stereocenters. The molecule has 1 aliphatic rings. The van der Waals surface area contributed by atoms with Gasteiger partial charge in [0.15, 0.2) is 6.29 Å². The summed E-state index contributed by atoms with van der Waals surface area (Å²) in [6.45, 7) is 3.05. The lowest BCUT2D eigenvalue weighted by atomic mass is 9.99. The molecule has 13 nitrogen and oxygen atoms in total. The molecule has 7 N–H and O–H groups in total. The van der Waals surface area contributed by atoms with Crippen LogP contribution in [0.25, 0.3) is 0 Å². The molecule has 0 aromatic heterocycles. The first-order valence-electron chi connectivity index (χ1n) is 19.1. The molecule has 1 amide bonds. The van der Waals surface area contributed by atoms with Gasteiger partial charge in [0.05, 0.1) is 25.4 Å². The second kappa shape index (κ2) is 29.4. The van der Waals surface area contributed by atoms with E-state index in [1.165, 1.54) is 38.2 Å². The molecule has 0 radical (unpaired) electrons. The van der Waals surface area contributed by atoms with Crippen LogP contribution in [0.3, 0.4) is 0 Å². The first-order valence-corrected chi connectivity index (χ1v) is 20.5. The highest BCUT2D eigenvalue weighted by Crippen LogP contribution is 2.26. The largest absolute Gasteiger partial charge is 0.397 e. The number of hydrogen-bond donors (Lipinski definition) is 7. The Balaban J connectivity index is 2.78. The minimum absolute atomic E-state index is 0.217. The van der Waals surface area contributed by atoms with Crippen LogP contribution >= 0.6 is 0 Å². The lowest BCUT2D eigenvalue weighted by Gasteiger charge is -2.41. The van der Waals surface area contributed by atoms with E-state index in [-0.39, 0.29) is 6.42 Å². The number of rotatable bonds is 30. The highest BCUT2D eigenvalue weighted by molar-refractivity contribution is 7.80. The van der Waals surface area contributed by atoms with Gasteiger partial charge in [0.1, 0.15) is 30.5 Å². The van der Waals surface area contributed by atoms with Crippen molar-refractivity contribution < 1.29 is 57.0 Å². The fourth-order valence-corrected chi connectivity index (χ4v) is 6.04. The Morgan fingerprint density at radius 1 is 0.769 bits per heavy atom. The van der Waals surface area contributed by atoms with Gasteiger partial charge in [-0.1, -0.05) is 107 Å². The van der Waals surface area contributed by atoms with Crippen LogP contribution in [-0.2, 0) is 28.9 Å². The normalized spacial score (nSPS) is 23.3. The van der Waals surface area contributed by atoms with Crippen LogP contribution in [0.1, 0.15) is 123 Å². The Morgan fingerprint density at radius 3 is 1.88 bits per heavy atom. The third-order valence-corrected chi connectivity index (χ3v) is 9.13. The molecule has 1 fully saturated rings. The van der Waals surface area contributed by atoms with Gasteiger partial charge >= 0.3 is 10.4 Å². The van der Waals surface area contributed by atoms with Crippen LogP contribution in [-0.4, -0.2) is 107 Å². The summed E-state index contributed by atoms with van der Waals surface area (Å²) in [7, 11) is -5.12. The zero-order valence-corrected chi connectivity index (χ0v) is 32.0. The molecule has 0 spiro atoms. The van der Waals surface area contributed by atoms with Crippen molar-refractivity contribution in [3.05, 3.63) is 48.6 Å². The first kappa shape index (κ1) is 48.0. The first-order chi connectivity index (χ1) is 24.9. The summed E-state index contributed by atoms with van der Waals surface area (Å²) < 4.78 is 47.2. The number of amides is 1. The number of aliphatic hydroxyl groups is 5. The molecule has 0 bridgehead atoms. The monoisotopic (exact) mass is 761 g/mol. The summed E-state index contributed by atoms with van der Waals surface area (Å²) in [6.07, 6.45) is 20.8. The van der Waals surface area contributed by atoms with Crippen molar-refractivity contribution in [3.63, 3.8) is 0 Å². The summed E-state index contributed by atoms with van der Waals surface area (Å²) in [5, 5.41) is 54.7. The summed E-state index contributed by atoms with van der Waals surface area (Å²) in [4.78, 5) is 13.0. The number of carbonyl (C=O) groups excluding carboxylic acids is 1. The summed E-state index contributed by atoms with van der Waals surface area (Å²) in [6, 6.07) is -1.14. The minimum Gasteiger partial charge on any atom is -0.394 e. The molecule has 0 aromatic rings. The second-order valence-corrected chi connectivity index (χ2v) is 14.3. The van der Waals surface area contributed by atoms with Crippen LogP contribution in [0.5, 0.6) is 0 Å². The number of nitrogens with one attached hydrogen (secondary N) is 1. The van der Waals surface area contributed by atoms with Gasteiger partial charge in [-0.3, -0.25) is 9.35 Å². The van der Waals surface area contributed by atoms with Gasteiger partial charge in [0, 0.05) is 0 Å². The van der Waals surface area contributed by atoms with Crippen molar-refractivity contribution in [3.8, 4) is 0 Å². The van der Waals surface area contributed by atoms with Gasteiger partial charge in [-0.2, -0.15) is 8.42 Å². The van der Waals surface area contributed by atoms with Crippen molar-refractivity contribution in [1.29, 1.82) is 0 Å². The Morgan fingerprint density at radius 2 is 1.31 bits per heavy atom. The Kier molecular flexibility index (Phi) is 27.1. The summed E-state index contributed by atoms with van der Waals surface area (Å²) >= 11 is 0. The maximum absolute atomic E-state index is 13.0. The van der Waals surface area contributed by atoms with E-state index in [1.54, 1.807) is 6.08 Å². The minimum atomic E-state index is -5.12. The molecule has 52 heavy (non-hydrogen) atoms. The molecular weight excluding hydrogens is 694 g/mol. The zero-order chi connectivity index (χ0) is 38.6. The van der Waals surface area contributed by atoms with Crippen molar-refractivity contribution in [1.82, 2.24) is 5.32 Å². The van der Waals surface area contributed by atoms with E-state index in [0.29, 0.717) is 12.8 Å². The predicted molar refractivity (Wildman–Crippen MR) is 200 cm³/mol. The van der Waals surface area contributed by atoms with Crippen molar-refractivity contribution >= 4 is 16.3 Å². The molecule has 1 heterocycles. The van der Waals surface area contributed by atoms with Crippen LogP contribution in [0.2, 0.25) is 0 Å². The van der Waals surface area contributed by atoms with E-state index in [1.807, 2.05) is 0 Å². The topological polar surface area (TPSA) is 212 Å². The molecule has 0 aromatic carbocycles. The molecule has 14 heteroatoms. The summed E-state index contributed by atoms with van der Waals surface area (Å²) in [5.41, 5.74) is 0. The summed E-state index contributed by atoms with van der Waals surface area (Å²) in [5.74, 6) is -0.732. The molecule has 1 rings (SSSR count). The third kappa shape index (κ3) is 22.3. The molecule has 8 unspecified atom stereocenters. The van der Waals surface area contributed by atoms with E-state index in [9.17, 15) is 38.7 Å².